The van der Waals surface area contributed by atoms with Crippen molar-refractivity contribution in [2.75, 3.05) is 16.8 Å². The number of hydrogen-bond acceptors (Lipinski definition) is 3. The molecular weight excluding hydrogens is 252 g/mol. The first-order valence-electron chi connectivity index (χ1n) is 7.14. The molecule has 1 atom stereocenters. The Morgan fingerprint density at radius 3 is 2.60 bits per heavy atom. The standard InChI is InChI=1S/C16H24N2O2/c1-11(2)13-10-18(15(19)20-16(3,4)5)14-9-7-6-8-12(14)17-13/h6-9,11,13,17H,10H2,1-5H3/t13-/m0/s1. The van der Waals surface area contributed by atoms with Crippen LogP contribution >= 0.6 is 0 Å². The fourth-order valence-corrected chi connectivity index (χ4v) is 2.24. The smallest absolute Gasteiger partial charge is 0.414 e. The van der Waals surface area contributed by atoms with E-state index in [1.54, 1.807) is 4.90 Å². The highest BCUT2D eigenvalue weighted by molar-refractivity contribution is 5.93. The molecule has 0 aromatic heterocycles. The molecule has 0 saturated carbocycles. The second-order valence-electron chi connectivity index (χ2n) is 6.60. The number of ether oxygens (including phenoxy) is 1. The van der Waals surface area contributed by atoms with Gasteiger partial charge in [-0.2, -0.15) is 0 Å². The number of nitrogens with zero attached hydrogens (tertiary/aromatic N) is 1. The van der Waals surface area contributed by atoms with E-state index in [1.807, 2.05) is 45.0 Å². The summed E-state index contributed by atoms with van der Waals surface area (Å²) in [6.07, 6.45) is -0.280. The van der Waals surface area contributed by atoms with Crippen LogP contribution in [-0.4, -0.2) is 24.3 Å². The van der Waals surface area contributed by atoms with Gasteiger partial charge in [-0.25, -0.2) is 4.79 Å². The molecule has 1 heterocycles. The zero-order valence-electron chi connectivity index (χ0n) is 12.9. The molecule has 1 aromatic carbocycles. The average molecular weight is 276 g/mol. The number of carbonyl (C=O) groups is 1. The quantitative estimate of drug-likeness (QED) is 0.846. The minimum atomic E-state index is -0.482. The molecule has 0 radical (unpaired) electrons. The van der Waals surface area contributed by atoms with Crippen molar-refractivity contribution in [2.24, 2.45) is 5.92 Å². The van der Waals surface area contributed by atoms with Crippen molar-refractivity contribution in [1.29, 1.82) is 0 Å². The van der Waals surface area contributed by atoms with E-state index in [-0.39, 0.29) is 12.1 Å². The van der Waals surface area contributed by atoms with Crippen molar-refractivity contribution in [3.8, 4) is 0 Å². The van der Waals surface area contributed by atoms with Crippen LogP contribution in [0.1, 0.15) is 34.6 Å². The highest BCUT2D eigenvalue weighted by Crippen LogP contribution is 2.33. The van der Waals surface area contributed by atoms with Gasteiger partial charge in [0, 0.05) is 12.6 Å². The van der Waals surface area contributed by atoms with Crippen molar-refractivity contribution in [1.82, 2.24) is 0 Å². The molecule has 2 rings (SSSR count). The van der Waals surface area contributed by atoms with Gasteiger partial charge in [0.2, 0.25) is 0 Å². The van der Waals surface area contributed by atoms with E-state index in [2.05, 4.69) is 19.2 Å². The third-order valence-corrected chi connectivity index (χ3v) is 3.33. The molecule has 1 N–H and O–H groups in total. The average Bonchev–Trinajstić information content (AvgIpc) is 2.35. The molecular formula is C16H24N2O2. The molecule has 0 unspecified atom stereocenters. The van der Waals surface area contributed by atoms with E-state index in [0.29, 0.717) is 12.5 Å². The third-order valence-electron chi connectivity index (χ3n) is 3.33. The molecule has 4 heteroatoms. The van der Waals surface area contributed by atoms with Gasteiger partial charge in [0.1, 0.15) is 5.60 Å². The van der Waals surface area contributed by atoms with Gasteiger partial charge in [0.05, 0.1) is 11.4 Å². The van der Waals surface area contributed by atoms with Crippen molar-refractivity contribution >= 4 is 17.5 Å². The Morgan fingerprint density at radius 1 is 1.35 bits per heavy atom. The summed E-state index contributed by atoms with van der Waals surface area (Å²) in [6, 6.07) is 8.09. The number of hydrogen-bond donors (Lipinski definition) is 1. The first-order valence-corrected chi connectivity index (χ1v) is 7.14. The molecule has 0 fully saturated rings. The van der Waals surface area contributed by atoms with Crippen LogP contribution in [0, 0.1) is 5.92 Å². The highest BCUT2D eigenvalue weighted by atomic mass is 16.6. The fourth-order valence-electron chi connectivity index (χ4n) is 2.24. The van der Waals surface area contributed by atoms with Crippen LogP contribution < -0.4 is 10.2 Å². The highest BCUT2D eigenvalue weighted by Gasteiger charge is 2.32. The molecule has 1 aliphatic heterocycles. The molecule has 4 nitrogen and oxygen atoms in total. The Hall–Kier alpha value is -1.71. The van der Waals surface area contributed by atoms with E-state index in [9.17, 15) is 4.79 Å². The van der Waals surface area contributed by atoms with E-state index in [0.717, 1.165) is 11.4 Å². The van der Waals surface area contributed by atoms with Gasteiger partial charge >= 0.3 is 6.09 Å². The first kappa shape index (κ1) is 14.7. The summed E-state index contributed by atoms with van der Waals surface area (Å²) in [6.45, 7) is 10.6. The van der Waals surface area contributed by atoms with Gasteiger partial charge in [-0.1, -0.05) is 26.0 Å². The molecule has 1 aliphatic rings. The van der Waals surface area contributed by atoms with Crippen LogP contribution in [0.25, 0.3) is 0 Å². The lowest BCUT2D eigenvalue weighted by atomic mass is 10.00. The summed E-state index contributed by atoms with van der Waals surface area (Å²) >= 11 is 0. The Bertz CT molecular complexity index is 491. The maximum atomic E-state index is 12.4. The van der Waals surface area contributed by atoms with Gasteiger partial charge in [0.15, 0.2) is 0 Å². The van der Waals surface area contributed by atoms with Crippen molar-refractivity contribution in [3.05, 3.63) is 24.3 Å². The SMILES string of the molecule is CC(C)[C@@H]1CN(C(=O)OC(C)(C)C)c2ccccc2N1. The van der Waals surface area contributed by atoms with E-state index >= 15 is 0 Å². The van der Waals surface area contributed by atoms with E-state index in [1.165, 1.54) is 0 Å². The molecule has 110 valence electrons. The number of rotatable bonds is 1. The monoisotopic (exact) mass is 276 g/mol. The Labute approximate surface area is 121 Å². The van der Waals surface area contributed by atoms with Crippen molar-refractivity contribution in [3.63, 3.8) is 0 Å². The summed E-state index contributed by atoms with van der Waals surface area (Å²) in [7, 11) is 0. The lowest BCUT2D eigenvalue weighted by molar-refractivity contribution is 0.0576. The number of nitrogens with one attached hydrogen (secondary N) is 1. The topological polar surface area (TPSA) is 41.6 Å². The van der Waals surface area contributed by atoms with Crippen LogP contribution in [0.3, 0.4) is 0 Å². The summed E-state index contributed by atoms with van der Waals surface area (Å²) in [5, 5.41) is 3.49. The van der Waals surface area contributed by atoms with Crippen LogP contribution in [-0.2, 0) is 4.74 Å². The second-order valence-corrected chi connectivity index (χ2v) is 6.60. The number of fused-ring (bicyclic) bond motifs is 1. The lowest BCUT2D eigenvalue weighted by Gasteiger charge is -2.38. The van der Waals surface area contributed by atoms with E-state index < -0.39 is 5.60 Å². The minimum Gasteiger partial charge on any atom is -0.443 e. The summed E-state index contributed by atoms with van der Waals surface area (Å²) < 4.78 is 5.52. The van der Waals surface area contributed by atoms with Crippen molar-refractivity contribution < 1.29 is 9.53 Å². The predicted molar refractivity (Wildman–Crippen MR) is 82.3 cm³/mol. The first-order chi connectivity index (χ1) is 9.28. The zero-order valence-corrected chi connectivity index (χ0v) is 12.9. The zero-order chi connectivity index (χ0) is 14.9. The number of carbonyl (C=O) groups excluding carboxylic acids is 1. The minimum absolute atomic E-state index is 0.234. The summed E-state index contributed by atoms with van der Waals surface area (Å²) in [4.78, 5) is 14.2. The van der Waals surface area contributed by atoms with Crippen LogP contribution in [0.5, 0.6) is 0 Å². The summed E-state index contributed by atoms with van der Waals surface area (Å²) in [5.41, 5.74) is 1.39. The van der Waals surface area contributed by atoms with E-state index in [4.69, 9.17) is 4.74 Å². The number of benzene rings is 1. The van der Waals surface area contributed by atoms with Gasteiger partial charge in [-0.3, -0.25) is 4.90 Å². The van der Waals surface area contributed by atoms with Gasteiger partial charge < -0.3 is 10.1 Å². The maximum absolute atomic E-state index is 12.4. The molecule has 0 bridgehead atoms. The van der Waals surface area contributed by atoms with Gasteiger partial charge in [0.25, 0.3) is 0 Å². The molecule has 20 heavy (non-hydrogen) atoms. The molecule has 1 amide bonds. The Balaban J connectivity index is 2.29. The van der Waals surface area contributed by atoms with Crippen LogP contribution in [0.2, 0.25) is 0 Å². The molecule has 1 aromatic rings. The van der Waals surface area contributed by atoms with Crippen LogP contribution in [0.4, 0.5) is 16.2 Å². The lowest BCUT2D eigenvalue weighted by Crippen LogP contribution is -2.48. The Kier molecular flexibility index (Phi) is 3.93. The molecule has 0 aliphatic carbocycles. The number of amides is 1. The van der Waals surface area contributed by atoms with Gasteiger partial charge in [-0.15, -0.1) is 0 Å². The Morgan fingerprint density at radius 2 is 2.00 bits per heavy atom. The number of para-hydroxylation sites is 2. The fraction of sp³-hybridized carbons (Fsp3) is 0.562. The molecule has 0 spiro atoms. The normalized spacial score (nSPS) is 18.5. The summed E-state index contributed by atoms with van der Waals surface area (Å²) in [5.74, 6) is 0.438. The molecule has 0 saturated heterocycles. The van der Waals surface area contributed by atoms with Gasteiger partial charge in [-0.05, 0) is 38.8 Å². The van der Waals surface area contributed by atoms with Crippen LogP contribution in [0.15, 0.2) is 24.3 Å². The second kappa shape index (κ2) is 5.35. The largest absolute Gasteiger partial charge is 0.443 e. The predicted octanol–water partition coefficient (Wildman–Crippen LogP) is 3.88. The van der Waals surface area contributed by atoms with Crippen molar-refractivity contribution in [2.45, 2.75) is 46.3 Å². The number of anilines is 2. The third kappa shape index (κ3) is 3.24. The maximum Gasteiger partial charge on any atom is 0.414 e.